The smallest absolute Gasteiger partial charge is 0.286 e. The molecule has 0 aliphatic rings. The van der Waals surface area contributed by atoms with Crippen molar-refractivity contribution in [2.24, 2.45) is 5.92 Å². The van der Waals surface area contributed by atoms with Gasteiger partial charge in [0.05, 0.1) is 12.3 Å². The zero-order valence-corrected chi connectivity index (χ0v) is 17.3. The summed E-state index contributed by atoms with van der Waals surface area (Å²) in [7, 11) is 0. The summed E-state index contributed by atoms with van der Waals surface area (Å²) in [5.41, 5.74) is 2.45. The first-order valence-corrected chi connectivity index (χ1v) is 10.1. The van der Waals surface area contributed by atoms with Gasteiger partial charge < -0.3 is 15.1 Å². The number of furan rings is 1. The molecule has 2 N–H and O–H groups in total. The summed E-state index contributed by atoms with van der Waals surface area (Å²) < 4.78 is 5.04. The number of hydrogen-bond acceptors (Lipinski definition) is 3. The number of nitrogens with one attached hydrogen (secondary N) is 2. The van der Waals surface area contributed by atoms with E-state index in [-0.39, 0.29) is 29.5 Å². The Morgan fingerprint density at radius 3 is 2.29 bits per heavy atom. The van der Waals surface area contributed by atoms with Gasteiger partial charge in [-0.15, -0.1) is 0 Å². The number of hydrogen-bond donors (Lipinski definition) is 2. The fraction of sp³-hybridized carbons (Fsp3) is 0.478. The molecule has 152 valence electrons. The van der Waals surface area contributed by atoms with E-state index in [1.165, 1.54) is 11.8 Å². The highest BCUT2D eigenvalue weighted by Gasteiger charge is 2.18. The first-order chi connectivity index (χ1) is 13.4. The van der Waals surface area contributed by atoms with Crippen molar-refractivity contribution in [1.29, 1.82) is 0 Å². The maximum absolute atomic E-state index is 12.4. The first kappa shape index (κ1) is 21.7. The van der Waals surface area contributed by atoms with E-state index in [4.69, 9.17) is 4.42 Å². The molecule has 1 heterocycles. The summed E-state index contributed by atoms with van der Waals surface area (Å²) in [6.45, 7) is 9.06. The third-order valence-corrected chi connectivity index (χ3v) is 5.07. The Labute approximate surface area is 167 Å². The zero-order valence-electron chi connectivity index (χ0n) is 17.3. The Kier molecular flexibility index (Phi) is 8.30. The van der Waals surface area contributed by atoms with Gasteiger partial charge in [-0.25, -0.2) is 0 Å². The molecule has 0 radical (unpaired) electrons. The predicted octanol–water partition coefficient (Wildman–Crippen LogP) is 4.82. The highest BCUT2D eigenvalue weighted by molar-refractivity contribution is 5.91. The topological polar surface area (TPSA) is 71.3 Å². The van der Waals surface area contributed by atoms with Crippen molar-refractivity contribution < 1.29 is 14.0 Å². The quantitative estimate of drug-likeness (QED) is 0.577. The molecule has 0 aliphatic carbocycles. The summed E-state index contributed by atoms with van der Waals surface area (Å²) in [6, 6.07) is 11.8. The van der Waals surface area contributed by atoms with Crippen LogP contribution in [0.3, 0.4) is 0 Å². The van der Waals surface area contributed by atoms with Gasteiger partial charge in [0.2, 0.25) is 5.91 Å². The normalized spacial score (nSPS) is 13.2. The lowest BCUT2D eigenvalue weighted by Gasteiger charge is -2.23. The van der Waals surface area contributed by atoms with Crippen molar-refractivity contribution in [3.63, 3.8) is 0 Å². The van der Waals surface area contributed by atoms with Crippen LogP contribution in [0.1, 0.15) is 80.6 Å². The van der Waals surface area contributed by atoms with Gasteiger partial charge in [-0.2, -0.15) is 0 Å². The molecule has 5 heteroatoms. The van der Waals surface area contributed by atoms with Crippen molar-refractivity contribution in [2.45, 2.75) is 58.9 Å². The Morgan fingerprint density at radius 1 is 1.04 bits per heavy atom. The Bertz CT molecular complexity index is 736. The lowest BCUT2D eigenvalue weighted by Crippen LogP contribution is -2.32. The fourth-order valence-electron chi connectivity index (χ4n) is 3.09. The Morgan fingerprint density at radius 2 is 1.71 bits per heavy atom. The molecule has 2 aromatic rings. The molecule has 2 unspecified atom stereocenters. The van der Waals surface area contributed by atoms with Crippen molar-refractivity contribution in [2.75, 3.05) is 6.54 Å². The zero-order chi connectivity index (χ0) is 20.5. The van der Waals surface area contributed by atoms with Crippen LogP contribution >= 0.6 is 0 Å². The molecule has 0 aliphatic heterocycles. The maximum atomic E-state index is 12.4. The minimum Gasteiger partial charge on any atom is -0.459 e. The molecular formula is C23H32N2O3. The molecule has 0 saturated carbocycles. The van der Waals surface area contributed by atoms with Crippen molar-refractivity contribution in [1.82, 2.24) is 10.6 Å². The van der Waals surface area contributed by atoms with E-state index in [0.29, 0.717) is 25.3 Å². The third-order valence-electron chi connectivity index (χ3n) is 5.07. The van der Waals surface area contributed by atoms with E-state index in [2.05, 4.69) is 62.6 Å². The van der Waals surface area contributed by atoms with Gasteiger partial charge in [0.1, 0.15) is 0 Å². The van der Waals surface area contributed by atoms with Crippen molar-refractivity contribution in [3.8, 4) is 0 Å². The van der Waals surface area contributed by atoms with E-state index in [0.717, 1.165) is 12.0 Å². The minimum atomic E-state index is -0.258. The van der Waals surface area contributed by atoms with Crippen LogP contribution in [-0.2, 0) is 4.79 Å². The molecule has 0 fully saturated rings. The second-order valence-electron chi connectivity index (χ2n) is 7.60. The standard InChI is InChI=1S/C23H32N2O3/c1-5-17(4)18-10-12-19(13-11-18)22(16(2)3)25-21(26)9-6-14-24-23(27)20-8-7-15-28-20/h7-8,10-13,15-17,22H,5-6,9,14H2,1-4H3,(H,24,27)(H,25,26). The molecule has 5 nitrogen and oxygen atoms in total. The van der Waals surface area contributed by atoms with Crippen LogP contribution in [-0.4, -0.2) is 18.4 Å². The minimum absolute atomic E-state index is 0.00282. The van der Waals surface area contributed by atoms with Crippen LogP contribution in [0.2, 0.25) is 0 Å². The lowest BCUT2D eigenvalue weighted by atomic mass is 9.92. The Hall–Kier alpha value is -2.56. The number of benzene rings is 1. The SMILES string of the molecule is CCC(C)c1ccc(C(NC(=O)CCCNC(=O)c2ccco2)C(C)C)cc1. The van der Waals surface area contributed by atoms with Crippen LogP contribution in [0.4, 0.5) is 0 Å². The summed E-state index contributed by atoms with van der Waals surface area (Å²) in [4.78, 5) is 24.2. The van der Waals surface area contributed by atoms with Crippen molar-refractivity contribution in [3.05, 3.63) is 59.5 Å². The third kappa shape index (κ3) is 6.25. The van der Waals surface area contributed by atoms with Gasteiger partial charge in [0, 0.05) is 13.0 Å². The van der Waals surface area contributed by atoms with Gasteiger partial charge in [-0.3, -0.25) is 9.59 Å². The molecule has 0 spiro atoms. The molecule has 2 amide bonds. The summed E-state index contributed by atoms with van der Waals surface area (Å²) in [5.74, 6) is 0.851. The number of carbonyl (C=O) groups excluding carboxylic acids is 2. The maximum Gasteiger partial charge on any atom is 0.286 e. The fourth-order valence-corrected chi connectivity index (χ4v) is 3.09. The van der Waals surface area contributed by atoms with E-state index < -0.39 is 0 Å². The molecule has 1 aromatic heterocycles. The van der Waals surface area contributed by atoms with Gasteiger partial charge in [0.25, 0.3) is 5.91 Å². The van der Waals surface area contributed by atoms with Gasteiger partial charge in [-0.1, -0.05) is 52.0 Å². The summed E-state index contributed by atoms with van der Waals surface area (Å²) in [6.07, 6.45) is 3.52. The molecule has 0 saturated heterocycles. The van der Waals surface area contributed by atoms with E-state index >= 15 is 0 Å². The summed E-state index contributed by atoms with van der Waals surface area (Å²) >= 11 is 0. The van der Waals surface area contributed by atoms with Gasteiger partial charge in [-0.05, 0) is 47.9 Å². The number of rotatable bonds is 10. The molecular weight excluding hydrogens is 352 g/mol. The average Bonchev–Trinajstić information content (AvgIpc) is 3.23. The molecule has 28 heavy (non-hydrogen) atoms. The predicted molar refractivity (Wildman–Crippen MR) is 111 cm³/mol. The monoisotopic (exact) mass is 384 g/mol. The van der Waals surface area contributed by atoms with Crippen LogP contribution in [0.15, 0.2) is 47.1 Å². The molecule has 2 rings (SSSR count). The largest absolute Gasteiger partial charge is 0.459 e. The van der Waals surface area contributed by atoms with Crippen LogP contribution in [0, 0.1) is 5.92 Å². The molecule has 1 aromatic carbocycles. The number of carbonyl (C=O) groups is 2. The highest BCUT2D eigenvalue weighted by Crippen LogP contribution is 2.25. The second kappa shape index (κ2) is 10.7. The summed E-state index contributed by atoms with van der Waals surface area (Å²) in [5, 5.41) is 5.90. The highest BCUT2D eigenvalue weighted by atomic mass is 16.3. The lowest BCUT2D eigenvalue weighted by molar-refractivity contribution is -0.122. The van der Waals surface area contributed by atoms with Crippen LogP contribution in [0.5, 0.6) is 0 Å². The van der Waals surface area contributed by atoms with E-state index in [9.17, 15) is 9.59 Å². The first-order valence-electron chi connectivity index (χ1n) is 10.1. The van der Waals surface area contributed by atoms with Gasteiger partial charge in [0.15, 0.2) is 5.76 Å². The van der Waals surface area contributed by atoms with Crippen LogP contribution < -0.4 is 10.6 Å². The average molecular weight is 385 g/mol. The molecule has 2 atom stereocenters. The van der Waals surface area contributed by atoms with Crippen molar-refractivity contribution >= 4 is 11.8 Å². The van der Waals surface area contributed by atoms with Gasteiger partial charge >= 0.3 is 0 Å². The van der Waals surface area contributed by atoms with E-state index in [1.54, 1.807) is 12.1 Å². The second-order valence-corrected chi connectivity index (χ2v) is 7.60. The van der Waals surface area contributed by atoms with Crippen LogP contribution in [0.25, 0.3) is 0 Å². The molecule has 0 bridgehead atoms. The number of amides is 2. The Balaban J connectivity index is 1.82. The van der Waals surface area contributed by atoms with E-state index in [1.807, 2.05) is 0 Å².